The van der Waals surface area contributed by atoms with Gasteiger partial charge in [0.1, 0.15) is 0 Å². The van der Waals surface area contributed by atoms with Crippen LogP contribution in [-0.2, 0) is 17.8 Å². The van der Waals surface area contributed by atoms with Crippen LogP contribution in [0.1, 0.15) is 22.4 Å². The minimum atomic E-state index is -0.240. The first kappa shape index (κ1) is 16.9. The molecule has 0 aliphatic heterocycles. The number of likely N-dealkylation sites (N-methyl/N-ethyl adjacent to an activating group) is 1. The van der Waals surface area contributed by atoms with Crippen molar-refractivity contribution in [3.05, 3.63) is 75.2 Å². The molecule has 5 nitrogen and oxygen atoms in total. The standard InChI is InChI=1S/C20H21N3O2/c1-13-8-9-15(14(2)10-13)12-23(3)19(24)11-18-16-6-4-5-7-17(16)20(25)22-21-18/h4-10H,11-12H2,1-3H3,(H,22,25). The van der Waals surface area contributed by atoms with Crippen LogP contribution in [-0.4, -0.2) is 28.1 Å². The maximum absolute atomic E-state index is 12.6. The molecule has 25 heavy (non-hydrogen) atoms. The van der Waals surface area contributed by atoms with E-state index in [1.54, 1.807) is 24.1 Å². The highest BCUT2D eigenvalue weighted by Crippen LogP contribution is 2.16. The molecule has 1 aromatic heterocycles. The Morgan fingerprint density at radius 3 is 2.56 bits per heavy atom. The van der Waals surface area contributed by atoms with Gasteiger partial charge in [0.15, 0.2) is 0 Å². The van der Waals surface area contributed by atoms with Crippen LogP contribution in [0.25, 0.3) is 10.8 Å². The minimum absolute atomic E-state index is 0.0373. The van der Waals surface area contributed by atoms with Crippen molar-refractivity contribution in [1.82, 2.24) is 15.1 Å². The van der Waals surface area contributed by atoms with Gasteiger partial charge in [-0.3, -0.25) is 9.59 Å². The Balaban J connectivity index is 1.80. The lowest BCUT2D eigenvalue weighted by atomic mass is 10.0. The molecule has 0 aliphatic rings. The lowest BCUT2D eigenvalue weighted by molar-refractivity contribution is -0.129. The van der Waals surface area contributed by atoms with Crippen molar-refractivity contribution in [3.63, 3.8) is 0 Å². The van der Waals surface area contributed by atoms with Gasteiger partial charge in [-0.15, -0.1) is 0 Å². The van der Waals surface area contributed by atoms with E-state index in [-0.39, 0.29) is 17.9 Å². The van der Waals surface area contributed by atoms with Crippen LogP contribution in [0.3, 0.4) is 0 Å². The summed E-state index contributed by atoms with van der Waals surface area (Å²) in [6.45, 7) is 4.66. The van der Waals surface area contributed by atoms with E-state index in [0.29, 0.717) is 17.6 Å². The highest BCUT2D eigenvalue weighted by atomic mass is 16.2. The number of rotatable bonds is 4. The molecule has 0 aliphatic carbocycles. The topological polar surface area (TPSA) is 66.1 Å². The van der Waals surface area contributed by atoms with Gasteiger partial charge in [-0.05, 0) is 31.0 Å². The second-order valence-electron chi connectivity index (χ2n) is 6.40. The number of hydrogen-bond acceptors (Lipinski definition) is 3. The molecule has 2 aromatic carbocycles. The van der Waals surface area contributed by atoms with E-state index in [4.69, 9.17) is 0 Å². The van der Waals surface area contributed by atoms with Crippen LogP contribution < -0.4 is 5.56 Å². The van der Waals surface area contributed by atoms with Gasteiger partial charge in [0.05, 0.1) is 17.5 Å². The van der Waals surface area contributed by atoms with Crippen LogP contribution in [0, 0.1) is 13.8 Å². The number of nitrogens with one attached hydrogen (secondary N) is 1. The second-order valence-corrected chi connectivity index (χ2v) is 6.40. The van der Waals surface area contributed by atoms with Gasteiger partial charge >= 0.3 is 0 Å². The van der Waals surface area contributed by atoms with E-state index >= 15 is 0 Å². The molecule has 1 heterocycles. The Morgan fingerprint density at radius 2 is 1.84 bits per heavy atom. The van der Waals surface area contributed by atoms with E-state index in [1.807, 2.05) is 12.1 Å². The summed E-state index contributed by atoms with van der Waals surface area (Å²) in [5.41, 5.74) is 3.86. The summed E-state index contributed by atoms with van der Waals surface area (Å²) in [5, 5.41) is 7.83. The van der Waals surface area contributed by atoms with Gasteiger partial charge in [0.25, 0.3) is 5.56 Å². The molecule has 128 valence electrons. The number of carbonyl (C=O) groups excluding carboxylic acids is 1. The summed E-state index contributed by atoms with van der Waals surface area (Å²) in [7, 11) is 1.79. The number of aromatic nitrogens is 2. The SMILES string of the molecule is Cc1ccc(CN(C)C(=O)Cc2n[nH]c(=O)c3ccccc23)c(C)c1. The van der Waals surface area contributed by atoms with Crippen molar-refractivity contribution >= 4 is 16.7 Å². The number of hydrogen-bond donors (Lipinski definition) is 1. The number of aromatic amines is 1. The van der Waals surface area contributed by atoms with Crippen LogP contribution in [0.4, 0.5) is 0 Å². The minimum Gasteiger partial charge on any atom is -0.341 e. The van der Waals surface area contributed by atoms with Gasteiger partial charge in [0, 0.05) is 19.0 Å². The van der Waals surface area contributed by atoms with Gasteiger partial charge in [-0.25, -0.2) is 5.10 Å². The lowest BCUT2D eigenvalue weighted by Crippen LogP contribution is -2.29. The molecule has 0 fully saturated rings. The molecule has 5 heteroatoms. The first-order valence-electron chi connectivity index (χ1n) is 8.22. The third-order valence-electron chi connectivity index (χ3n) is 4.43. The molecule has 3 aromatic rings. The zero-order valence-corrected chi connectivity index (χ0v) is 14.7. The van der Waals surface area contributed by atoms with Gasteiger partial charge in [-0.1, -0.05) is 42.0 Å². The largest absolute Gasteiger partial charge is 0.341 e. The van der Waals surface area contributed by atoms with E-state index < -0.39 is 0 Å². The summed E-state index contributed by atoms with van der Waals surface area (Å²) < 4.78 is 0. The predicted octanol–water partition coefficient (Wildman–Crippen LogP) is 2.74. The number of carbonyl (C=O) groups is 1. The molecule has 1 N–H and O–H groups in total. The summed E-state index contributed by atoms with van der Waals surface area (Å²) in [4.78, 5) is 26.2. The molecule has 0 unspecified atom stereocenters. The smallest absolute Gasteiger partial charge is 0.272 e. The summed E-state index contributed by atoms with van der Waals surface area (Å²) in [5.74, 6) is -0.0373. The molecule has 3 rings (SSSR count). The van der Waals surface area contributed by atoms with E-state index in [9.17, 15) is 9.59 Å². The molecule has 0 saturated carbocycles. The number of nitrogens with zero attached hydrogens (tertiary/aromatic N) is 2. The maximum atomic E-state index is 12.6. The average Bonchev–Trinajstić information content (AvgIpc) is 2.60. The Bertz CT molecular complexity index is 992. The molecule has 0 radical (unpaired) electrons. The number of H-pyrrole nitrogens is 1. The zero-order chi connectivity index (χ0) is 18.0. The van der Waals surface area contributed by atoms with Crippen LogP contribution in [0.5, 0.6) is 0 Å². The molecule has 0 saturated heterocycles. The highest BCUT2D eigenvalue weighted by Gasteiger charge is 2.15. The Kier molecular flexibility index (Phi) is 4.65. The van der Waals surface area contributed by atoms with Crippen molar-refractivity contribution < 1.29 is 4.79 Å². The van der Waals surface area contributed by atoms with Crippen molar-refractivity contribution in [1.29, 1.82) is 0 Å². The van der Waals surface area contributed by atoms with E-state index in [2.05, 4.69) is 42.2 Å². The lowest BCUT2D eigenvalue weighted by Gasteiger charge is -2.19. The fourth-order valence-corrected chi connectivity index (χ4v) is 2.95. The third-order valence-corrected chi connectivity index (χ3v) is 4.43. The molecule has 0 atom stereocenters. The van der Waals surface area contributed by atoms with Crippen molar-refractivity contribution in [2.75, 3.05) is 7.05 Å². The van der Waals surface area contributed by atoms with Gasteiger partial charge in [0.2, 0.25) is 5.91 Å². The molecular formula is C20H21N3O2. The number of amides is 1. The fourth-order valence-electron chi connectivity index (χ4n) is 2.95. The molecule has 1 amide bonds. The van der Waals surface area contributed by atoms with Crippen molar-refractivity contribution in [2.45, 2.75) is 26.8 Å². The fraction of sp³-hybridized carbons (Fsp3) is 0.250. The maximum Gasteiger partial charge on any atom is 0.272 e. The number of fused-ring (bicyclic) bond motifs is 1. The van der Waals surface area contributed by atoms with Crippen LogP contribution >= 0.6 is 0 Å². The quantitative estimate of drug-likeness (QED) is 0.797. The highest BCUT2D eigenvalue weighted by molar-refractivity contribution is 5.88. The monoisotopic (exact) mass is 335 g/mol. The first-order valence-corrected chi connectivity index (χ1v) is 8.22. The van der Waals surface area contributed by atoms with Crippen LogP contribution in [0.2, 0.25) is 0 Å². The Morgan fingerprint density at radius 1 is 1.12 bits per heavy atom. The van der Waals surface area contributed by atoms with Gasteiger partial charge in [-0.2, -0.15) is 5.10 Å². The average molecular weight is 335 g/mol. The summed E-state index contributed by atoms with van der Waals surface area (Å²) in [6.07, 6.45) is 0.151. The molecular weight excluding hydrogens is 314 g/mol. The number of benzene rings is 2. The van der Waals surface area contributed by atoms with E-state index in [1.165, 1.54) is 11.1 Å². The first-order chi connectivity index (χ1) is 12.0. The summed E-state index contributed by atoms with van der Waals surface area (Å²) in [6, 6.07) is 13.4. The normalized spacial score (nSPS) is 10.8. The summed E-state index contributed by atoms with van der Waals surface area (Å²) >= 11 is 0. The van der Waals surface area contributed by atoms with Gasteiger partial charge < -0.3 is 4.90 Å². The second kappa shape index (κ2) is 6.89. The number of aryl methyl sites for hydroxylation is 2. The third kappa shape index (κ3) is 3.60. The Hall–Kier alpha value is -2.95. The Labute approximate surface area is 146 Å². The predicted molar refractivity (Wildman–Crippen MR) is 98.5 cm³/mol. The zero-order valence-electron chi connectivity index (χ0n) is 14.7. The van der Waals surface area contributed by atoms with Crippen molar-refractivity contribution in [3.8, 4) is 0 Å². The molecule has 0 bridgehead atoms. The van der Waals surface area contributed by atoms with Crippen LogP contribution in [0.15, 0.2) is 47.3 Å². The molecule has 0 spiro atoms. The van der Waals surface area contributed by atoms with Crippen molar-refractivity contribution in [2.24, 2.45) is 0 Å². The van der Waals surface area contributed by atoms with E-state index in [0.717, 1.165) is 10.9 Å².